The number of carboxylic acid groups (broad SMARTS) is 1. The van der Waals surface area contributed by atoms with Crippen molar-refractivity contribution in [3.05, 3.63) is 59.2 Å². The van der Waals surface area contributed by atoms with E-state index in [0.717, 1.165) is 25.2 Å². The largest absolute Gasteiger partial charge is 0.508 e. The van der Waals surface area contributed by atoms with Gasteiger partial charge in [-0.15, -0.1) is 0 Å². The Morgan fingerprint density at radius 3 is 2.48 bits per heavy atom. The molecule has 1 fully saturated rings. The fourth-order valence-electron chi connectivity index (χ4n) is 4.35. The average Bonchev–Trinajstić information content (AvgIpc) is 2.67. The summed E-state index contributed by atoms with van der Waals surface area (Å²) in [4.78, 5) is 13.4. The van der Waals surface area contributed by atoms with Gasteiger partial charge in [0.15, 0.2) is 0 Å². The van der Waals surface area contributed by atoms with E-state index >= 15 is 0 Å². The average molecular weight is 366 g/mol. The number of carboxylic acids is 1. The van der Waals surface area contributed by atoms with Crippen LogP contribution >= 0.6 is 0 Å². The Morgan fingerprint density at radius 2 is 1.81 bits per heavy atom. The third kappa shape index (κ3) is 3.65. The number of nitrogens with zero attached hydrogens (tertiary/aromatic N) is 1. The molecule has 2 heterocycles. The number of fused-ring (bicyclic) bond motifs is 1. The van der Waals surface area contributed by atoms with Crippen LogP contribution in [0, 0.1) is 5.92 Å². The number of carbonyl (C=O) groups is 1. The van der Waals surface area contributed by atoms with E-state index in [4.69, 9.17) is 5.11 Å². The highest BCUT2D eigenvalue weighted by Gasteiger charge is 2.27. The molecule has 142 valence electrons. The molecule has 2 aromatic carbocycles. The molecule has 3 N–H and O–H groups in total. The Hall–Kier alpha value is -2.53. The van der Waals surface area contributed by atoms with Crippen LogP contribution in [0.5, 0.6) is 5.75 Å². The van der Waals surface area contributed by atoms with E-state index in [1.54, 1.807) is 6.07 Å². The summed E-state index contributed by atoms with van der Waals surface area (Å²) < 4.78 is 0. The van der Waals surface area contributed by atoms with Gasteiger partial charge in [0.1, 0.15) is 5.75 Å². The van der Waals surface area contributed by atoms with Crippen molar-refractivity contribution in [1.29, 1.82) is 0 Å². The fraction of sp³-hybridized carbons (Fsp3) is 0.409. The highest BCUT2D eigenvalue weighted by atomic mass is 16.4. The van der Waals surface area contributed by atoms with E-state index in [0.29, 0.717) is 24.6 Å². The second-order valence-corrected chi connectivity index (χ2v) is 7.78. The molecule has 0 saturated carbocycles. The van der Waals surface area contributed by atoms with E-state index in [-0.39, 0.29) is 12.0 Å². The summed E-state index contributed by atoms with van der Waals surface area (Å²) in [6, 6.07) is 14.7. The van der Waals surface area contributed by atoms with Crippen molar-refractivity contribution in [3.63, 3.8) is 0 Å². The number of anilines is 1. The molecular weight excluding hydrogens is 340 g/mol. The molecule has 1 saturated heterocycles. The van der Waals surface area contributed by atoms with Gasteiger partial charge in [-0.25, -0.2) is 0 Å². The molecule has 1 unspecified atom stereocenters. The summed E-state index contributed by atoms with van der Waals surface area (Å²) >= 11 is 0. The SMILES string of the molecule is C[C@@H]1Cc2cc(O)ccc2C(c2ccc(N3CCC(C(=O)O)CC3)cc2)N1. The van der Waals surface area contributed by atoms with Gasteiger partial charge in [0, 0.05) is 24.8 Å². The molecule has 0 radical (unpaired) electrons. The lowest BCUT2D eigenvalue weighted by molar-refractivity contribution is -0.142. The van der Waals surface area contributed by atoms with Crippen molar-refractivity contribution < 1.29 is 15.0 Å². The molecule has 27 heavy (non-hydrogen) atoms. The van der Waals surface area contributed by atoms with Crippen LogP contribution < -0.4 is 10.2 Å². The maximum atomic E-state index is 11.1. The van der Waals surface area contributed by atoms with Crippen LogP contribution in [-0.2, 0) is 11.2 Å². The summed E-state index contributed by atoms with van der Waals surface area (Å²) in [5.74, 6) is -0.560. The second-order valence-electron chi connectivity index (χ2n) is 7.78. The molecule has 5 heteroatoms. The summed E-state index contributed by atoms with van der Waals surface area (Å²) in [5, 5.41) is 22.6. The van der Waals surface area contributed by atoms with Crippen LogP contribution in [0.15, 0.2) is 42.5 Å². The van der Waals surface area contributed by atoms with Gasteiger partial charge in [0.2, 0.25) is 0 Å². The fourth-order valence-corrected chi connectivity index (χ4v) is 4.35. The topological polar surface area (TPSA) is 72.8 Å². The minimum absolute atomic E-state index is 0.121. The van der Waals surface area contributed by atoms with Gasteiger partial charge in [-0.3, -0.25) is 4.79 Å². The standard InChI is InChI=1S/C22H26N2O3/c1-14-12-17-13-19(25)6-7-20(17)21(23-14)15-2-4-18(5-3-15)24-10-8-16(9-11-24)22(26)27/h2-7,13-14,16,21,23,25H,8-12H2,1H3,(H,26,27)/t14-,21?/m1/s1. The number of aliphatic carboxylic acids is 1. The van der Waals surface area contributed by atoms with Crippen molar-refractivity contribution >= 4 is 11.7 Å². The summed E-state index contributed by atoms with van der Waals surface area (Å²) in [7, 11) is 0. The predicted octanol–water partition coefficient (Wildman–Crippen LogP) is 3.32. The molecule has 0 bridgehead atoms. The predicted molar refractivity (Wildman–Crippen MR) is 105 cm³/mol. The Balaban J connectivity index is 1.52. The highest BCUT2D eigenvalue weighted by Crippen LogP contribution is 2.33. The molecule has 2 aliphatic heterocycles. The Morgan fingerprint density at radius 1 is 1.11 bits per heavy atom. The molecule has 4 rings (SSSR count). The van der Waals surface area contributed by atoms with Crippen molar-refractivity contribution in [1.82, 2.24) is 5.32 Å². The number of aromatic hydroxyl groups is 1. The molecule has 0 spiro atoms. The van der Waals surface area contributed by atoms with Crippen LogP contribution in [0.3, 0.4) is 0 Å². The molecule has 2 aliphatic rings. The minimum atomic E-state index is -0.674. The van der Waals surface area contributed by atoms with Gasteiger partial charge in [0.05, 0.1) is 12.0 Å². The summed E-state index contributed by atoms with van der Waals surface area (Å²) in [5.41, 5.74) is 4.78. The number of piperidine rings is 1. The number of phenols is 1. The maximum absolute atomic E-state index is 11.1. The molecule has 5 nitrogen and oxygen atoms in total. The number of phenolic OH excluding ortho intramolecular Hbond substituents is 1. The number of hydrogen-bond acceptors (Lipinski definition) is 4. The first-order valence-corrected chi connectivity index (χ1v) is 9.67. The van der Waals surface area contributed by atoms with Crippen molar-refractivity contribution in [2.75, 3.05) is 18.0 Å². The molecule has 0 aromatic heterocycles. The van der Waals surface area contributed by atoms with Gasteiger partial charge < -0.3 is 20.4 Å². The summed E-state index contributed by atoms with van der Waals surface area (Å²) in [6.07, 6.45) is 2.32. The quantitative estimate of drug-likeness (QED) is 0.777. The van der Waals surface area contributed by atoms with Crippen LogP contribution in [-0.4, -0.2) is 35.3 Å². The maximum Gasteiger partial charge on any atom is 0.306 e. The van der Waals surface area contributed by atoms with Crippen LogP contribution in [0.2, 0.25) is 0 Å². The van der Waals surface area contributed by atoms with Gasteiger partial charge in [-0.1, -0.05) is 18.2 Å². The first-order valence-electron chi connectivity index (χ1n) is 9.67. The van der Waals surface area contributed by atoms with Gasteiger partial charge in [-0.05, 0) is 67.1 Å². The zero-order valence-corrected chi connectivity index (χ0v) is 15.6. The van der Waals surface area contributed by atoms with E-state index in [1.807, 2.05) is 12.1 Å². The van der Waals surface area contributed by atoms with E-state index in [1.165, 1.54) is 16.7 Å². The monoisotopic (exact) mass is 366 g/mol. The van der Waals surface area contributed by atoms with Crippen LogP contribution in [0.4, 0.5) is 5.69 Å². The number of nitrogens with one attached hydrogen (secondary N) is 1. The lowest BCUT2D eigenvalue weighted by Gasteiger charge is -2.33. The van der Waals surface area contributed by atoms with Gasteiger partial charge >= 0.3 is 5.97 Å². The van der Waals surface area contributed by atoms with Crippen molar-refractivity contribution in [3.8, 4) is 5.75 Å². The zero-order chi connectivity index (χ0) is 19.0. The third-order valence-electron chi connectivity index (χ3n) is 5.85. The Kier molecular flexibility index (Phi) is 4.79. The smallest absolute Gasteiger partial charge is 0.306 e. The van der Waals surface area contributed by atoms with E-state index in [2.05, 4.69) is 41.4 Å². The van der Waals surface area contributed by atoms with E-state index < -0.39 is 5.97 Å². The van der Waals surface area contributed by atoms with E-state index in [9.17, 15) is 9.90 Å². The molecule has 2 atom stereocenters. The second kappa shape index (κ2) is 7.24. The molecule has 0 aliphatic carbocycles. The lowest BCUT2D eigenvalue weighted by atomic mass is 9.87. The number of benzene rings is 2. The molecular formula is C22H26N2O3. The van der Waals surface area contributed by atoms with Crippen molar-refractivity contribution in [2.45, 2.75) is 38.3 Å². The zero-order valence-electron chi connectivity index (χ0n) is 15.6. The van der Waals surface area contributed by atoms with Crippen molar-refractivity contribution in [2.24, 2.45) is 5.92 Å². The van der Waals surface area contributed by atoms with Crippen LogP contribution in [0.1, 0.15) is 42.5 Å². The summed E-state index contributed by atoms with van der Waals surface area (Å²) in [6.45, 7) is 3.75. The number of hydrogen-bond donors (Lipinski definition) is 3. The van der Waals surface area contributed by atoms with Gasteiger partial charge in [0.25, 0.3) is 0 Å². The lowest BCUT2D eigenvalue weighted by Crippen LogP contribution is -2.38. The Bertz CT molecular complexity index is 826. The normalized spacial score (nSPS) is 23.1. The molecule has 2 aromatic rings. The minimum Gasteiger partial charge on any atom is -0.508 e. The number of rotatable bonds is 3. The Labute approximate surface area is 159 Å². The third-order valence-corrected chi connectivity index (χ3v) is 5.85. The first kappa shape index (κ1) is 17.9. The molecule has 0 amide bonds. The van der Waals surface area contributed by atoms with Crippen LogP contribution in [0.25, 0.3) is 0 Å². The van der Waals surface area contributed by atoms with Gasteiger partial charge in [-0.2, -0.15) is 0 Å². The highest BCUT2D eigenvalue weighted by molar-refractivity contribution is 5.70. The first-order chi connectivity index (χ1) is 13.0.